The van der Waals surface area contributed by atoms with Gasteiger partial charge in [-0.2, -0.15) is 0 Å². The van der Waals surface area contributed by atoms with Gasteiger partial charge in [0.1, 0.15) is 10.8 Å². The Balaban J connectivity index is 1.74. The van der Waals surface area contributed by atoms with Crippen LogP contribution in [-0.2, 0) is 22.4 Å². The molecule has 1 aliphatic rings. The number of thiophene rings is 1. The molecule has 1 N–H and O–H groups in total. The maximum atomic E-state index is 12.4. The number of esters is 1. The van der Waals surface area contributed by atoms with E-state index in [4.69, 9.17) is 9.47 Å². The molecule has 5 nitrogen and oxygen atoms in total. The van der Waals surface area contributed by atoms with Crippen molar-refractivity contribution in [3.05, 3.63) is 45.3 Å². The van der Waals surface area contributed by atoms with Crippen molar-refractivity contribution in [3.63, 3.8) is 0 Å². The monoisotopic (exact) mass is 387 g/mol. The molecule has 27 heavy (non-hydrogen) atoms. The summed E-state index contributed by atoms with van der Waals surface area (Å²) < 4.78 is 10.6. The minimum absolute atomic E-state index is 0.109. The summed E-state index contributed by atoms with van der Waals surface area (Å²) in [5.41, 5.74) is 3.69. The number of anilines is 1. The Bertz CT molecular complexity index is 851. The molecule has 3 rings (SSSR count). The molecular formula is C21H25NO4S. The van der Waals surface area contributed by atoms with Crippen molar-refractivity contribution in [2.45, 2.75) is 40.0 Å². The second-order valence-corrected chi connectivity index (χ2v) is 8.31. The Hall–Kier alpha value is -2.34. The Labute approximate surface area is 163 Å². The van der Waals surface area contributed by atoms with Gasteiger partial charge in [-0.15, -0.1) is 11.3 Å². The zero-order valence-corrected chi connectivity index (χ0v) is 17.0. The number of benzene rings is 1. The molecule has 0 bridgehead atoms. The molecule has 0 radical (unpaired) electrons. The molecule has 0 spiro atoms. The molecule has 0 saturated heterocycles. The van der Waals surface area contributed by atoms with Crippen LogP contribution in [0, 0.1) is 19.8 Å². The van der Waals surface area contributed by atoms with Gasteiger partial charge in [-0.25, -0.2) is 4.79 Å². The molecule has 6 heteroatoms. The summed E-state index contributed by atoms with van der Waals surface area (Å²) >= 11 is 1.48. The average molecular weight is 388 g/mol. The lowest BCUT2D eigenvalue weighted by Crippen LogP contribution is -2.21. The first kappa shape index (κ1) is 19.4. The number of rotatable bonds is 5. The molecule has 144 valence electrons. The smallest absolute Gasteiger partial charge is 0.341 e. The third-order valence-electron chi connectivity index (χ3n) is 4.72. The van der Waals surface area contributed by atoms with Crippen molar-refractivity contribution in [3.8, 4) is 5.75 Å². The molecule has 1 aromatic heterocycles. The van der Waals surface area contributed by atoms with Crippen molar-refractivity contribution >= 4 is 28.2 Å². The van der Waals surface area contributed by atoms with Crippen molar-refractivity contribution in [2.75, 3.05) is 19.0 Å². The van der Waals surface area contributed by atoms with Gasteiger partial charge in [0.05, 0.1) is 12.7 Å². The number of carbonyl (C=O) groups is 2. The molecule has 1 atom stereocenters. The second kappa shape index (κ2) is 8.13. The van der Waals surface area contributed by atoms with Crippen LogP contribution >= 0.6 is 11.3 Å². The molecule has 1 aromatic carbocycles. The maximum Gasteiger partial charge on any atom is 0.341 e. The number of hydrogen-bond acceptors (Lipinski definition) is 5. The van der Waals surface area contributed by atoms with Crippen molar-refractivity contribution < 1.29 is 19.1 Å². The van der Waals surface area contributed by atoms with Gasteiger partial charge in [0, 0.05) is 4.88 Å². The van der Waals surface area contributed by atoms with E-state index in [-0.39, 0.29) is 12.5 Å². The van der Waals surface area contributed by atoms with Gasteiger partial charge in [-0.3, -0.25) is 4.79 Å². The lowest BCUT2D eigenvalue weighted by Gasteiger charge is -2.18. The van der Waals surface area contributed by atoms with Gasteiger partial charge >= 0.3 is 5.97 Å². The molecular weight excluding hydrogens is 362 g/mol. The summed E-state index contributed by atoms with van der Waals surface area (Å²) in [4.78, 5) is 25.9. The molecule has 2 aromatic rings. The summed E-state index contributed by atoms with van der Waals surface area (Å²) in [5, 5.41) is 3.42. The molecule has 1 aliphatic carbocycles. The van der Waals surface area contributed by atoms with E-state index in [0.29, 0.717) is 22.2 Å². The van der Waals surface area contributed by atoms with Crippen molar-refractivity contribution in [1.29, 1.82) is 0 Å². The van der Waals surface area contributed by atoms with Crippen LogP contribution in [0.2, 0.25) is 0 Å². The third-order valence-corrected chi connectivity index (χ3v) is 5.89. The van der Waals surface area contributed by atoms with Crippen LogP contribution in [0.4, 0.5) is 5.00 Å². The number of nitrogens with one attached hydrogen (secondary N) is 1. The molecule has 1 amide bonds. The van der Waals surface area contributed by atoms with E-state index in [1.54, 1.807) is 0 Å². The van der Waals surface area contributed by atoms with Gasteiger partial charge in [0.2, 0.25) is 0 Å². The summed E-state index contributed by atoms with van der Waals surface area (Å²) in [5.74, 6) is 0.562. The molecule has 0 aliphatic heterocycles. The Morgan fingerprint density at radius 1 is 1.22 bits per heavy atom. The van der Waals surface area contributed by atoms with Gasteiger partial charge in [0.15, 0.2) is 6.61 Å². The number of fused-ring (bicyclic) bond motifs is 1. The quantitative estimate of drug-likeness (QED) is 0.777. The fourth-order valence-corrected chi connectivity index (χ4v) is 4.90. The lowest BCUT2D eigenvalue weighted by molar-refractivity contribution is -0.118. The minimum Gasteiger partial charge on any atom is -0.484 e. The number of carbonyl (C=O) groups excluding carboxylic acids is 2. The molecule has 0 fully saturated rings. The van der Waals surface area contributed by atoms with E-state index in [1.807, 2.05) is 32.0 Å². The van der Waals surface area contributed by atoms with Gasteiger partial charge < -0.3 is 14.8 Å². The normalized spacial score (nSPS) is 15.8. The summed E-state index contributed by atoms with van der Waals surface area (Å²) in [7, 11) is 1.37. The van der Waals surface area contributed by atoms with E-state index in [2.05, 4.69) is 12.2 Å². The van der Waals surface area contributed by atoms with E-state index in [1.165, 1.54) is 23.3 Å². The molecule has 1 heterocycles. The number of hydrogen-bond donors (Lipinski definition) is 1. The fraction of sp³-hybridized carbons (Fsp3) is 0.429. The highest BCUT2D eigenvalue weighted by molar-refractivity contribution is 7.17. The van der Waals surface area contributed by atoms with Crippen LogP contribution in [0.15, 0.2) is 18.2 Å². The topological polar surface area (TPSA) is 64.6 Å². The minimum atomic E-state index is -0.396. The van der Waals surface area contributed by atoms with Crippen LogP contribution in [-0.4, -0.2) is 25.6 Å². The first-order chi connectivity index (χ1) is 12.9. The van der Waals surface area contributed by atoms with Gasteiger partial charge in [-0.1, -0.05) is 13.0 Å². The van der Waals surface area contributed by atoms with E-state index in [9.17, 15) is 9.59 Å². The van der Waals surface area contributed by atoms with Crippen LogP contribution < -0.4 is 10.1 Å². The van der Waals surface area contributed by atoms with E-state index in [0.717, 1.165) is 36.0 Å². The highest BCUT2D eigenvalue weighted by Gasteiger charge is 2.28. The standard InChI is InChI=1S/C21H25NO4S/c1-12-5-6-16-17(10-12)27-20(19(16)21(24)25-4)22-18(23)11-26-15-8-13(2)7-14(3)9-15/h7-9,12H,5-6,10-11H2,1-4H3,(H,22,23). The van der Waals surface area contributed by atoms with Gasteiger partial charge in [-0.05, 0) is 67.9 Å². The summed E-state index contributed by atoms with van der Waals surface area (Å²) in [6.45, 7) is 6.07. The largest absolute Gasteiger partial charge is 0.484 e. The predicted octanol–water partition coefficient (Wildman–Crippen LogP) is 4.29. The van der Waals surface area contributed by atoms with E-state index < -0.39 is 5.97 Å². The fourth-order valence-electron chi connectivity index (χ4n) is 3.48. The van der Waals surface area contributed by atoms with Crippen LogP contribution in [0.25, 0.3) is 0 Å². The van der Waals surface area contributed by atoms with Crippen LogP contribution in [0.1, 0.15) is 45.3 Å². The Kier molecular flexibility index (Phi) is 5.85. The zero-order chi connectivity index (χ0) is 19.6. The highest BCUT2D eigenvalue weighted by atomic mass is 32.1. The molecule has 0 saturated carbocycles. The number of methoxy groups -OCH3 is 1. The second-order valence-electron chi connectivity index (χ2n) is 7.21. The number of aryl methyl sites for hydroxylation is 2. The predicted molar refractivity (Wildman–Crippen MR) is 107 cm³/mol. The Morgan fingerprint density at radius 2 is 1.93 bits per heavy atom. The van der Waals surface area contributed by atoms with Crippen molar-refractivity contribution in [1.82, 2.24) is 0 Å². The van der Waals surface area contributed by atoms with Crippen LogP contribution in [0.5, 0.6) is 5.75 Å². The van der Waals surface area contributed by atoms with Gasteiger partial charge in [0.25, 0.3) is 5.91 Å². The Morgan fingerprint density at radius 3 is 2.59 bits per heavy atom. The first-order valence-electron chi connectivity index (χ1n) is 9.11. The summed E-state index contributed by atoms with van der Waals surface area (Å²) in [6.07, 6.45) is 2.81. The average Bonchev–Trinajstić information content (AvgIpc) is 2.95. The SMILES string of the molecule is COC(=O)c1c(NC(=O)COc2cc(C)cc(C)c2)sc2c1CCC(C)C2. The zero-order valence-electron chi connectivity index (χ0n) is 16.2. The number of ether oxygens (including phenoxy) is 2. The number of amides is 1. The molecule has 1 unspecified atom stereocenters. The first-order valence-corrected chi connectivity index (χ1v) is 9.92. The highest BCUT2D eigenvalue weighted by Crippen LogP contribution is 2.40. The van der Waals surface area contributed by atoms with Crippen LogP contribution in [0.3, 0.4) is 0 Å². The lowest BCUT2D eigenvalue weighted by atomic mass is 9.88. The van der Waals surface area contributed by atoms with Crippen molar-refractivity contribution in [2.24, 2.45) is 5.92 Å². The maximum absolute atomic E-state index is 12.4. The van der Waals surface area contributed by atoms with E-state index >= 15 is 0 Å². The summed E-state index contributed by atoms with van der Waals surface area (Å²) in [6, 6.07) is 5.84. The third kappa shape index (κ3) is 4.50.